The van der Waals surface area contributed by atoms with Gasteiger partial charge in [0.25, 0.3) is 0 Å². The van der Waals surface area contributed by atoms with Gasteiger partial charge < -0.3 is 9.13 Å². The maximum atomic E-state index is 8.25. The number of para-hydroxylation sites is 3. The van der Waals surface area contributed by atoms with E-state index in [1.807, 2.05) is 41.0 Å². The van der Waals surface area contributed by atoms with Crippen LogP contribution in [0.15, 0.2) is 140 Å². The third-order valence-electron chi connectivity index (χ3n) is 8.23. The summed E-state index contributed by atoms with van der Waals surface area (Å²) in [6.07, 6.45) is 0. The van der Waals surface area contributed by atoms with Gasteiger partial charge in [0, 0.05) is 45.3 Å². The van der Waals surface area contributed by atoms with Crippen LogP contribution in [0, 0.1) is 0 Å². The molecule has 0 saturated heterocycles. The molecule has 2 heterocycles. The van der Waals surface area contributed by atoms with Gasteiger partial charge in [0.1, 0.15) is 0 Å². The van der Waals surface area contributed by atoms with Crippen molar-refractivity contribution >= 4 is 43.6 Å². The highest BCUT2D eigenvalue weighted by Crippen LogP contribution is 2.37. The maximum Gasteiger partial charge on any atom is 0.0541 e. The molecule has 8 rings (SSSR count). The summed E-state index contributed by atoms with van der Waals surface area (Å²) < 4.78 is 78.6. The second-order valence-electron chi connectivity index (χ2n) is 10.8. The van der Waals surface area contributed by atoms with Crippen LogP contribution in [0.5, 0.6) is 0 Å². The van der Waals surface area contributed by atoms with E-state index in [0.717, 1.165) is 44.4 Å². The minimum atomic E-state index is -3.35. The molecule has 0 spiro atoms. The Morgan fingerprint density at radius 3 is 1.38 bits per heavy atom. The predicted octanol–water partition coefficient (Wildman–Crippen LogP) is 10.8. The van der Waals surface area contributed by atoms with Gasteiger partial charge in [-0.2, -0.15) is 0 Å². The van der Waals surface area contributed by atoms with Crippen molar-refractivity contribution in [1.82, 2.24) is 9.13 Å². The average molecular weight is 550 g/mol. The van der Waals surface area contributed by atoms with Crippen molar-refractivity contribution in [3.63, 3.8) is 0 Å². The second-order valence-corrected chi connectivity index (χ2v) is 10.8. The third-order valence-corrected chi connectivity index (χ3v) is 8.23. The molecular weight excluding hydrogens is 508 g/mol. The summed E-state index contributed by atoms with van der Waals surface area (Å²) in [7, 11) is 0. The van der Waals surface area contributed by atoms with Crippen molar-refractivity contribution in [2.75, 3.05) is 0 Å². The third kappa shape index (κ3) is 3.79. The van der Waals surface area contributed by atoms with Crippen LogP contribution < -0.4 is 0 Å². The van der Waals surface area contributed by atoms with Crippen LogP contribution in [0.4, 0.5) is 0 Å². The van der Waals surface area contributed by atoms with Crippen molar-refractivity contribution in [1.29, 1.82) is 0 Å². The van der Waals surface area contributed by atoms with Crippen LogP contribution in [0.2, 0.25) is 0 Å². The number of fused-ring (bicyclic) bond motifs is 6. The normalized spacial score (nSPS) is 16.2. The topological polar surface area (TPSA) is 9.86 Å². The zero-order valence-corrected chi connectivity index (χ0v) is 22.7. The molecule has 0 aliphatic rings. The molecule has 0 bridgehead atoms. The highest BCUT2D eigenvalue weighted by Gasteiger charge is 2.18. The monoisotopic (exact) mass is 549 g/mol. The van der Waals surface area contributed by atoms with Gasteiger partial charge in [-0.1, -0.05) is 105 Å². The highest BCUT2D eigenvalue weighted by molar-refractivity contribution is 6.10. The minimum Gasteiger partial charge on any atom is -0.309 e. The largest absolute Gasteiger partial charge is 0.309 e. The smallest absolute Gasteiger partial charge is 0.0541 e. The van der Waals surface area contributed by atoms with Crippen LogP contribution in [0.1, 0.15) is 38.5 Å². The molecule has 0 aliphatic heterocycles. The van der Waals surface area contributed by atoms with E-state index in [4.69, 9.17) is 12.3 Å². The molecule has 0 N–H and O–H groups in total. The van der Waals surface area contributed by atoms with Gasteiger partial charge in [-0.25, -0.2) is 0 Å². The summed E-state index contributed by atoms with van der Waals surface area (Å²) in [5.74, 6) is 0. The van der Waals surface area contributed by atoms with Gasteiger partial charge in [0.05, 0.1) is 22.1 Å². The number of nitrogens with zero attached hydrogens (tertiary/aromatic N) is 2. The molecule has 0 radical (unpaired) electrons. The van der Waals surface area contributed by atoms with Gasteiger partial charge in [-0.05, 0) is 76.7 Å². The molecular formula is C40H32N2. The number of benzene rings is 6. The molecule has 0 unspecified atom stereocenters. The van der Waals surface area contributed by atoms with Gasteiger partial charge in [-0.3, -0.25) is 0 Å². The Hall–Kier alpha value is -5.08. The lowest BCUT2D eigenvalue weighted by Gasteiger charge is -2.19. The van der Waals surface area contributed by atoms with Crippen molar-refractivity contribution < 1.29 is 12.3 Å². The van der Waals surface area contributed by atoms with E-state index in [1.54, 1.807) is 6.07 Å². The summed E-state index contributed by atoms with van der Waals surface area (Å²) in [6.45, 7) is -10.0. The van der Waals surface area contributed by atoms with Crippen LogP contribution >= 0.6 is 0 Å². The highest BCUT2D eigenvalue weighted by atomic mass is 15.0. The van der Waals surface area contributed by atoms with E-state index in [2.05, 4.69) is 89.5 Å². The molecule has 2 nitrogen and oxygen atoms in total. The SMILES string of the molecule is [2H]C([2H])([2H])C(c1ccc2c(c1)c1ccccc1n2-c1cccc(-c2cccc(-n3c4ccccc4c4ccccc43)c2)c1)(C([2H])([2H])[2H])C([2H])([2H])[2H]. The molecule has 8 aromatic rings. The van der Waals surface area contributed by atoms with Crippen LogP contribution in [0.25, 0.3) is 66.1 Å². The van der Waals surface area contributed by atoms with E-state index in [1.165, 1.54) is 22.9 Å². The summed E-state index contributed by atoms with van der Waals surface area (Å²) in [4.78, 5) is 0. The van der Waals surface area contributed by atoms with Crippen molar-refractivity contribution in [2.45, 2.75) is 26.0 Å². The van der Waals surface area contributed by atoms with Gasteiger partial charge >= 0.3 is 0 Å². The Kier molecular flexibility index (Phi) is 3.73. The number of hydrogen-bond donors (Lipinski definition) is 0. The molecule has 0 fully saturated rings. The Morgan fingerprint density at radius 2 is 0.881 bits per heavy atom. The quantitative estimate of drug-likeness (QED) is 0.207. The van der Waals surface area contributed by atoms with E-state index >= 15 is 0 Å². The lowest BCUT2D eigenvalue weighted by atomic mass is 9.86. The number of rotatable bonds is 3. The fourth-order valence-electron chi connectivity index (χ4n) is 6.33. The zero-order chi connectivity index (χ0) is 35.9. The Labute approximate surface area is 258 Å². The van der Waals surface area contributed by atoms with Crippen molar-refractivity contribution in [3.05, 3.63) is 145 Å². The zero-order valence-electron chi connectivity index (χ0n) is 31.7. The second kappa shape index (κ2) is 9.22. The lowest BCUT2D eigenvalue weighted by molar-refractivity contribution is 0.591. The predicted molar refractivity (Wildman–Crippen MR) is 179 cm³/mol. The molecule has 2 heteroatoms. The molecule has 0 amide bonds. The summed E-state index contributed by atoms with van der Waals surface area (Å²) in [5, 5.41) is 3.67. The average Bonchev–Trinajstić information content (AvgIpc) is 3.59. The van der Waals surface area contributed by atoms with Crippen LogP contribution in [-0.2, 0) is 5.41 Å². The molecule has 0 aliphatic carbocycles. The van der Waals surface area contributed by atoms with Gasteiger partial charge in [0.2, 0.25) is 0 Å². The molecule has 6 aromatic carbocycles. The summed E-state index contributed by atoms with van der Waals surface area (Å²) >= 11 is 0. The molecule has 42 heavy (non-hydrogen) atoms. The molecule has 0 atom stereocenters. The molecule has 2 aromatic heterocycles. The Balaban J connectivity index is 1.30. The maximum absolute atomic E-state index is 8.25. The standard InChI is InChI=1S/C40H32N2/c1-40(2,3)29-22-23-39-35(26-29)34-18-6-9-21-38(34)42(39)31-15-11-13-28(25-31)27-12-10-14-30(24-27)41-36-19-7-4-16-32(36)33-17-5-8-20-37(33)41/h4-26H,1-3H3/i1D3,2D3,3D3. The fraction of sp³-hybridized carbons (Fsp3) is 0.100. The first-order valence-corrected chi connectivity index (χ1v) is 14.0. The fourth-order valence-corrected chi connectivity index (χ4v) is 6.33. The first-order valence-electron chi connectivity index (χ1n) is 18.5. The lowest BCUT2D eigenvalue weighted by Crippen LogP contribution is -2.10. The van der Waals surface area contributed by atoms with Gasteiger partial charge in [-0.15, -0.1) is 0 Å². The number of aromatic nitrogens is 2. The van der Waals surface area contributed by atoms with Gasteiger partial charge in [0.15, 0.2) is 0 Å². The molecule has 0 saturated carbocycles. The number of hydrogen-bond acceptors (Lipinski definition) is 0. The van der Waals surface area contributed by atoms with E-state index in [9.17, 15) is 0 Å². The first kappa shape index (κ1) is 17.0. The van der Waals surface area contributed by atoms with Crippen LogP contribution in [0.3, 0.4) is 0 Å². The van der Waals surface area contributed by atoms with Crippen molar-refractivity contribution in [3.8, 4) is 22.5 Å². The first-order chi connectivity index (χ1) is 24.2. The van der Waals surface area contributed by atoms with E-state index < -0.39 is 26.0 Å². The summed E-state index contributed by atoms with van der Waals surface area (Å²) in [6, 6.07) is 45.3. The Bertz CT molecular complexity index is 2530. The van der Waals surface area contributed by atoms with E-state index in [0.29, 0.717) is 10.9 Å². The molecule has 202 valence electrons. The van der Waals surface area contributed by atoms with Crippen molar-refractivity contribution in [2.24, 2.45) is 0 Å². The van der Waals surface area contributed by atoms with Crippen LogP contribution in [-0.4, -0.2) is 9.13 Å². The minimum absolute atomic E-state index is 0.270. The summed E-state index contributed by atoms with van der Waals surface area (Å²) in [5.41, 5.74) is 4.22. The van der Waals surface area contributed by atoms with E-state index in [-0.39, 0.29) is 5.56 Å². The Morgan fingerprint density at radius 1 is 0.429 bits per heavy atom.